The van der Waals surface area contributed by atoms with Gasteiger partial charge in [-0.3, -0.25) is 0 Å². The molecule has 17 heavy (non-hydrogen) atoms. The van der Waals surface area contributed by atoms with Crippen LogP contribution in [0.3, 0.4) is 0 Å². The minimum atomic E-state index is 0.963. The van der Waals surface area contributed by atoms with Gasteiger partial charge in [-0.1, -0.05) is 36.4 Å². The molecule has 2 aromatic rings. The molecule has 0 radical (unpaired) electrons. The van der Waals surface area contributed by atoms with Gasteiger partial charge < -0.3 is 5.32 Å². The van der Waals surface area contributed by atoms with E-state index in [1.807, 2.05) is 0 Å². The van der Waals surface area contributed by atoms with E-state index in [9.17, 15) is 0 Å². The van der Waals surface area contributed by atoms with Gasteiger partial charge in [-0.15, -0.1) is 0 Å². The first-order chi connectivity index (χ1) is 8.27. The molecule has 0 bridgehead atoms. The number of rotatable bonds is 0. The number of fused-ring (bicyclic) bond motifs is 3. The minimum Gasteiger partial charge on any atom is -0.309 e. The molecule has 86 valence electrons. The van der Waals surface area contributed by atoms with Crippen LogP contribution >= 0.6 is 0 Å². The number of benzene rings is 2. The van der Waals surface area contributed by atoms with Crippen molar-refractivity contribution in [3.63, 3.8) is 0 Å². The van der Waals surface area contributed by atoms with Crippen LogP contribution in [0.4, 0.5) is 0 Å². The van der Waals surface area contributed by atoms with Crippen molar-refractivity contribution in [1.29, 1.82) is 0 Å². The molecule has 0 amide bonds. The third-order valence-corrected chi connectivity index (χ3v) is 3.60. The van der Waals surface area contributed by atoms with Crippen molar-refractivity contribution >= 4 is 0 Å². The van der Waals surface area contributed by atoms with Crippen LogP contribution in [0.15, 0.2) is 36.4 Å². The maximum absolute atomic E-state index is 3.51. The monoisotopic (exact) mass is 223 g/mol. The molecular formula is C16H17N. The fourth-order valence-corrected chi connectivity index (χ4v) is 2.80. The molecule has 1 aliphatic rings. The molecule has 0 fully saturated rings. The average molecular weight is 223 g/mol. The largest absolute Gasteiger partial charge is 0.309 e. The van der Waals surface area contributed by atoms with E-state index < -0.39 is 0 Å². The second kappa shape index (κ2) is 4.01. The van der Waals surface area contributed by atoms with Crippen molar-refractivity contribution in [2.75, 3.05) is 0 Å². The molecule has 3 rings (SSSR count). The Morgan fingerprint density at radius 3 is 1.71 bits per heavy atom. The zero-order chi connectivity index (χ0) is 11.8. The van der Waals surface area contributed by atoms with E-state index in [2.05, 4.69) is 55.6 Å². The van der Waals surface area contributed by atoms with Crippen LogP contribution in [0.1, 0.15) is 22.3 Å². The number of nitrogens with one attached hydrogen (secondary N) is 1. The fourth-order valence-electron chi connectivity index (χ4n) is 2.80. The van der Waals surface area contributed by atoms with E-state index in [1.165, 1.54) is 33.4 Å². The van der Waals surface area contributed by atoms with Crippen molar-refractivity contribution in [3.05, 3.63) is 58.7 Å². The van der Waals surface area contributed by atoms with E-state index in [-0.39, 0.29) is 0 Å². The van der Waals surface area contributed by atoms with Gasteiger partial charge in [0.25, 0.3) is 0 Å². The Morgan fingerprint density at radius 1 is 0.765 bits per heavy atom. The summed E-state index contributed by atoms with van der Waals surface area (Å²) < 4.78 is 0. The van der Waals surface area contributed by atoms with E-state index in [4.69, 9.17) is 0 Å². The van der Waals surface area contributed by atoms with Crippen molar-refractivity contribution in [2.24, 2.45) is 0 Å². The van der Waals surface area contributed by atoms with Gasteiger partial charge in [-0.2, -0.15) is 0 Å². The van der Waals surface area contributed by atoms with Crippen LogP contribution in [0.2, 0.25) is 0 Å². The summed E-state index contributed by atoms with van der Waals surface area (Å²) in [5, 5.41) is 3.51. The summed E-state index contributed by atoms with van der Waals surface area (Å²) >= 11 is 0. The predicted octanol–water partition coefficient (Wildman–Crippen LogP) is 3.57. The molecule has 1 N–H and O–H groups in total. The van der Waals surface area contributed by atoms with Crippen LogP contribution in [0.5, 0.6) is 0 Å². The first-order valence-electron chi connectivity index (χ1n) is 6.15. The Morgan fingerprint density at radius 2 is 1.24 bits per heavy atom. The summed E-state index contributed by atoms with van der Waals surface area (Å²) in [5.74, 6) is 0. The maximum Gasteiger partial charge on any atom is 0.0214 e. The van der Waals surface area contributed by atoms with E-state index in [1.54, 1.807) is 0 Å². The summed E-state index contributed by atoms with van der Waals surface area (Å²) in [5.41, 5.74) is 8.45. The van der Waals surface area contributed by atoms with E-state index in [0.29, 0.717) is 0 Å². The summed E-state index contributed by atoms with van der Waals surface area (Å²) in [6.45, 7) is 6.34. The fraction of sp³-hybridized carbons (Fsp3) is 0.250. The molecule has 1 aliphatic heterocycles. The van der Waals surface area contributed by atoms with Crippen LogP contribution < -0.4 is 5.32 Å². The number of aryl methyl sites for hydroxylation is 2. The highest BCUT2D eigenvalue weighted by atomic mass is 14.9. The lowest BCUT2D eigenvalue weighted by Crippen LogP contribution is -2.10. The van der Waals surface area contributed by atoms with Gasteiger partial charge in [-0.25, -0.2) is 0 Å². The number of hydrogen-bond acceptors (Lipinski definition) is 1. The van der Waals surface area contributed by atoms with Gasteiger partial charge in [0.05, 0.1) is 0 Å². The van der Waals surface area contributed by atoms with Crippen molar-refractivity contribution in [3.8, 4) is 11.1 Å². The summed E-state index contributed by atoms with van der Waals surface area (Å²) in [6.07, 6.45) is 0. The third kappa shape index (κ3) is 1.67. The highest BCUT2D eigenvalue weighted by molar-refractivity contribution is 5.77. The second-order valence-corrected chi connectivity index (χ2v) is 4.82. The van der Waals surface area contributed by atoms with Gasteiger partial charge in [0.15, 0.2) is 0 Å². The Balaban J connectivity index is 2.37. The smallest absolute Gasteiger partial charge is 0.0214 e. The SMILES string of the molecule is Cc1cccc2c1-c1c(C)cccc1CNC2. The molecule has 0 saturated carbocycles. The Hall–Kier alpha value is -1.60. The second-order valence-electron chi connectivity index (χ2n) is 4.82. The lowest BCUT2D eigenvalue weighted by Gasteiger charge is -2.14. The molecule has 2 aromatic carbocycles. The van der Waals surface area contributed by atoms with Gasteiger partial charge in [0.1, 0.15) is 0 Å². The van der Waals surface area contributed by atoms with Crippen LogP contribution in [-0.2, 0) is 13.1 Å². The normalized spacial score (nSPS) is 13.8. The molecule has 0 aliphatic carbocycles. The van der Waals surface area contributed by atoms with Crippen molar-refractivity contribution < 1.29 is 0 Å². The van der Waals surface area contributed by atoms with Gasteiger partial charge >= 0.3 is 0 Å². The number of hydrogen-bond donors (Lipinski definition) is 1. The lowest BCUT2D eigenvalue weighted by molar-refractivity contribution is 0.703. The van der Waals surface area contributed by atoms with Crippen LogP contribution in [-0.4, -0.2) is 0 Å². The maximum atomic E-state index is 3.51. The Bertz CT molecular complexity index is 518. The molecule has 1 nitrogen and oxygen atoms in total. The first kappa shape index (κ1) is 10.5. The quantitative estimate of drug-likeness (QED) is 0.720. The van der Waals surface area contributed by atoms with E-state index >= 15 is 0 Å². The average Bonchev–Trinajstić information content (AvgIpc) is 2.50. The van der Waals surface area contributed by atoms with Crippen LogP contribution in [0, 0.1) is 13.8 Å². The molecule has 1 heteroatoms. The molecule has 0 spiro atoms. The third-order valence-electron chi connectivity index (χ3n) is 3.60. The highest BCUT2D eigenvalue weighted by Crippen LogP contribution is 2.34. The molecular weight excluding hydrogens is 206 g/mol. The lowest BCUT2D eigenvalue weighted by atomic mass is 9.90. The van der Waals surface area contributed by atoms with E-state index in [0.717, 1.165) is 13.1 Å². The molecule has 0 unspecified atom stereocenters. The predicted molar refractivity (Wildman–Crippen MR) is 71.9 cm³/mol. The minimum absolute atomic E-state index is 0.963. The van der Waals surface area contributed by atoms with Crippen molar-refractivity contribution in [2.45, 2.75) is 26.9 Å². The zero-order valence-corrected chi connectivity index (χ0v) is 10.4. The summed E-state index contributed by atoms with van der Waals surface area (Å²) in [6, 6.07) is 13.2. The Labute approximate surface area is 102 Å². The topological polar surface area (TPSA) is 12.0 Å². The van der Waals surface area contributed by atoms with Crippen molar-refractivity contribution in [1.82, 2.24) is 5.32 Å². The van der Waals surface area contributed by atoms with Gasteiger partial charge in [0, 0.05) is 13.1 Å². The molecule has 0 aromatic heterocycles. The summed E-state index contributed by atoms with van der Waals surface area (Å²) in [4.78, 5) is 0. The standard InChI is InChI=1S/C16H17N/c1-11-5-3-7-13-9-17-10-14-8-4-6-12(2)16(14)15(11)13/h3-8,17H,9-10H2,1-2H3. The first-order valence-corrected chi connectivity index (χ1v) is 6.15. The molecule has 1 heterocycles. The molecule has 0 atom stereocenters. The Kier molecular flexibility index (Phi) is 2.49. The highest BCUT2D eigenvalue weighted by Gasteiger charge is 2.16. The van der Waals surface area contributed by atoms with Crippen LogP contribution in [0.25, 0.3) is 11.1 Å². The van der Waals surface area contributed by atoms with Gasteiger partial charge in [0.2, 0.25) is 0 Å². The molecule has 0 saturated heterocycles. The van der Waals surface area contributed by atoms with Gasteiger partial charge in [-0.05, 0) is 47.2 Å². The summed E-state index contributed by atoms with van der Waals surface area (Å²) in [7, 11) is 0. The zero-order valence-electron chi connectivity index (χ0n) is 10.4.